The highest BCUT2D eigenvalue weighted by Crippen LogP contribution is 2.29. The molecule has 0 saturated heterocycles. The molecule has 1 N–H and O–H groups in total. The zero-order chi connectivity index (χ0) is 27.7. The third-order valence-electron chi connectivity index (χ3n) is 7.66. The smallest absolute Gasteiger partial charge is 0.232 e. The minimum Gasteiger partial charge on any atom is -0.494 e. The van der Waals surface area contributed by atoms with Crippen LogP contribution in [0.5, 0.6) is 11.5 Å². The summed E-state index contributed by atoms with van der Waals surface area (Å²) in [5.74, 6) is 2.06. The number of amides is 1. The first-order chi connectivity index (χ1) is 18.8. The number of anilines is 1. The lowest BCUT2D eigenvalue weighted by Gasteiger charge is -2.22. The number of hydrogen-bond acceptors (Lipinski definition) is 3. The van der Waals surface area contributed by atoms with Crippen molar-refractivity contribution >= 4 is 11.6 Å². The lowest BCUT2D eigenvalue weighted by Crippen LogP contribution is -2.23. The van der Waals surface area contributed by atoms with E-state index in [-0.39, 0.29) is 17.2 Å². The summed E-state index contributed by atoms with van der Waals surface area (Å²) in [7, 11) is 0. The maximum Gasteiger partial charge on any atom is 0.232 e. The van der Waals surface area contributed by atoms with E-state index in [1.165, 1.54) is 37.7 Å². The second-order valence-corrected chi connectivity index (χ2v) is 11.9. The maximum atomic E-state index is 13.7. The van der Waals surface area contributed by atoms with Gasteiger partial charge in [0, 0.05) is 5.69 Å². The number of carbonyl (C=O) groups excluding carboxylic acids is 1. The highest BCUT2D eigenvalue weighted by Gasteiger charge is 2.23. The monoisotopic (exact) mass is 527 g/mol. The van der Waals surface area contributed by atoms with Crippen LogP contribution in [0, 0.1) is 5.92 Å². The van der Waals surface area contributed by atoms with Crippen molar-refractivity contribution in [2.75, 3.05) is 18.5 Å². The van der Waals surface area contributed by atoms with E-state index in [4.69, 9.17) is 9.47 Å². The van der Waals surface area contributed by atoms with Crippen molar-refractivity contribution in [3.05, 3.63) is 89.5 Å². The van der Waals surface area contributed by atoms with Gasteiger partial charge in [-0.2, -0.15) is 0 Å². The summed E-state index contributed by atoms with van der Waals surface area (Å²) in [5.41, 5.74) is 4.21. The van der Waals surface area contributed by atoms with E-state index in [0.29, 0.717) is 18.9 Å². The van der Waals surface area contributed by atoms with Gasteiger partial charge in [-0.05, 0) is 90.1 Å². The maximum absolute atomic E-state index is 13.7. The molecule has 4 heteroatoms. The molecule has 3 aromatic carbocycles. The van der Waals surface area contributed by atoms with E-state index in [0.717, 1.165) is 41.3 Å². The highest BCUT2D eigenvalue weighted by molar-refractivity contribution is 5.96. The normalized spacial score (nSPS) is 15.0. The van der Waals surface area contributed by atoms with Crippen molar-refractivity contribution in [3.8, 4) is 11.5 Å². The summed E-state index contributed by atoms with van der Waals surface area (Å²) in [6.45, 7) is 10.2. The average molecular weight is 528 g/mol. The molecule has 1 unspecified atom stereocenters. The van der Waals surface area contributed by atoms with E-state index in [1.54, 1.807) is 0 Å². The number of hydrogen-bond donors (Lipinski definition) is 1. The Kier molecular flexibility index (Phi) is 10.1. The van der Waals surface area contributed by atoms with Crippen molar-refractivity contribution < 1.29 is 14.3 Å². The van der Waals surface area contributed by atoms with Crippen LogP contribution in [0.4, 0.5) is 5.69 Å². The standard InChI is InChI=1S/C35H45NO3/c1-5-23-38-31-19-11-26(12-20-31)24-33(28-13-15-29(16-14-28)35(2,3)4)34(37)36-30-17-21-32(22-18-30)39-25-27-9-7-6-8-10-27/h11-22,27,33H,5-10,23-25H2,1-4H3,(H,36,37). The summed E-state index contributed by atoms with van der Waals surface area (Å²) >= 11 is 0. The molecule has 4 nitrogen and oxygen atoms in total. The van der Waals surface area contributed by atoms with Gasteiger partial charge in [-0.3, -0.25) is 4.79 Å². The fourth-order valence-corrected chi connectivity index (χ4v) is 5.19. The second-order valence-electron chi connectivity index (χ2n) is 11.9. The fourth-order valence-electron chi connectivity index (χ4n) is 5.19. The van der Waals surface area contributed by atoms with E-state index >= 15 is 0 Å². The van der Waals surface area contributed by atoms with Crippen LogP contribution in [-0.4, -0.2) is 19.1 Å². The average Bonchev–Trinajstić information content (AvgIpc) is 2.95. The molecule has 0 heterocycles. The molecule has 0 radical (unpaired) electrons. The van der Waals surface area contributed by atoms with Crippen LogP contribution in [0.3, 0.4) is 0 Å². The Morgan fingerprint density at radius 1 is 0.846 bits per heavy atom. The summed E-state index contributed by atoms with van der Waals surface area (Å²) in [6.07, 6.45) is 8.10. The zero-order valence-electron chi connectivity index (χ0n) is 24.2. The van der Waals surface area contributed by atoms with E-state index in [2.05, 4.69) is 69.4 Å². The molecule has 0 spiro atoms. The molecule has 1 aliphatic rings. The van der Waals surface area contributed by atoms with Gasteiger partial charge in [0.25, 0.3) is 0 Å². The largest absolute Gasteiger partial charge is 0.494 e. The second kappa shape index (κ2) is 13.7. The van der Waals surface area contributed by atoms with Crippen molar-refractivity contribution in [2.24, 2.45) is 5.92 Å². The summed E-state index contributed by atoms with van der Waals surface area (Å²) < 4.78 is 11.8. The Balaban J connectivity index is 1.45. The predicted octanol–water partition coefficient (Wildman–Crippen LogP) is 8.70. The third kappa shape index (κ3) is 8.61. The van der Waals surface area contributed by atoms with Crippen molar-refractivity contribution in [1.29, 1.82) is 0 Å². The van der Waals surface area contributed by atoms with E-state index in [1.807, 2.05) is 36.4 Å². The van der Waals surface area contributed by atoms with Crippen molar-refractivity contribution in [1.82, 2.24) is 0 Å². The zero-order valence-corrected chi connectivity index (χ0v) is 24.2. The Morgan fingerprint density at radius 2 is 1.46 bits per heavy atom. The molecule has 0 bridgehead atoms. The van der Waals surface area contributed by atoms with Crippen LogP contribution in [0.15, 0.2) is 72.8 Å². The van der Waals surface area contributed by atoms with Gasteiger partial charge in [0.15, 0.2) is 0 Å². The van der Waals surface area contributed by atoms with Crippen LogP contribution >= 0.6 is 0 Å². The van der Waals surface area contributed by atoms with Gasteiger partial charge < -0.3 is 14.8 Å². The number of nitrogens with one attached hydrogen (secondary N) is 1. The van der Waals surface area contributed by atoms with Crippen molar-refractivity contribution in [2.45, 2.75) is 84.0 Å². The molecular formula is C35H45NO3. The highest BCUT2D eigenvalue weighted by atomic mass is 16.5. The lowest BCUT2D eigenvalue weighted by molar-refractivity contribution is -0.117. The van der Waals surface area contributed by atoms with Crippen LogP contribution in [0.1, 0.15) is 88.8 Å². The SMILES string of the molecule is CCCOc1ccc(CC(C(=O)Nc2ccc(OCC3CCCCC3)cc2)c2ccc(C(C)(C)C)cc2)cc1. The molecule has 4 rings (SSSR count). The first-order valence-electron chi connectivity index (χ1n) is 14.7. The summed E-state index contributed by atoms with van der Waals surface area (Å²) in [5, 5.41) is 3.16. The lowest BCUT2D eigenvalue weighted by atomic mass is 9.84. The van der Waals surface area contributed by atoms with Gasteiger partial charge in [0.05, 0.1) is 19.1 Å². The molecule has 39 heavy (non-hydrogen) atoms. The molecule has 0 aromatic heterocycles. The molecule has 0 aliphatic heterocycles. The van der Waals surface area contributed by atoms with Crippen LogP contribution < -0.4 is 14.8 Å². The minimum absolute atomic E-state index is 0.0132. The summed E-state index contributed by atoms with van der Waals surface area (Å²) in [4.78, 5) is 13.7. The Hall–Kier alpha value is -3.27. The molecule has 1 amide bonds. The van der Waals surface area contributed by atoms with Crippen LogP contribution in [0.25, 0.3) is 0 Å². The molecular weight excluding hydrogens is 482 g/mol. The topological polar surface area (TPSA) is 47.6 Å². The van der Waals surface area contributed by atoms with Crippen LogP contribution in [0.2, 0.25) is 0 Å². The van der Waals surface area contributed by atoms with Gasteiger partial charge in [0.2, 0.25) is 5.91 Å². The number of ether oxygens (including phenoxy) is 2. The minimum atomic E-state index is -0.316. The molecule has 3 aromatic rings. The van der Waals surface area contributed by atoms with E-state index < -0.39 is 0 Å². The Bertz CT molecular complexity index is 1150. The molecule has 1 saturated carbocycles. The number of rotatable bonds is 11. The first kappa shape index (κ1) is 28.7. The molecule has 208 valence electrons. The Morgan fingerprint density at radius 3 is 2.08 bits per heavy atom. The molecule has 1 atom stereocenters. The molecule has 1 fully saturated rings. The number of carbonyl (C=O) groups is 1. The van der Waals surface area contributed by atoms with Gasteiger partial charge >= 0.3 is 0 Å². The summed E-state index contributed by atoms with van der Waals surface area (Å²) in [6, 6.07) is 24.4. The van der Waals surface area contributed by atoms with Crippen LogP contribution in [-0.2, 0) is 16.6 Å². The van der Waals surface area contributed by atoms with E-state index in [9.17, 15) is 4.79 Å². The number of benzene rings is 3. The quantitative estimate of drug-likeness (QED) is 0.271. The van der Waals surface area contributed by atoms with Gasteiger partial charge in [-0.25, -0.2) is 0 Å². The van der Waals surface area contributed by atoms with Gasteiger partial charge in [-0.15, -0.1) is 0 Å². The Labute approximate surface area is 235 Å². The predicted molar refractivity (Wildman–Crippen MR) is 161 cm³/mol. The first-order valence-corrected chi connectivity index (χ1v) is 14.7. The van der Waals surface area contributed by atoms with Gasteiger partial charge in [-0.1, -0.05) is 83.4 Å². The fraction of sp³-hybridized carbons (Fsp3) is 0.457. The molecule has 1 aliphatic carbocycles. The van der Waals surface area contributed by atoms with Crippen molar-refractivity contribution in [3.63, 3.8) is 0 Å². The van der Waals surface area contributed by atoms with Gasteiger partial charge in [0.1, 0.15) is 11.5 Å². The third-order valence-corrected chi connectivity index (χ3v) is 7.66.